The fourth-order valence-electron chi connectivity index (χ4n) is 3.54. The van der Waals surface area contributed by atoms with E-state index >= 15 is 0 Å². The van der Waals surface area contributed by atoms with E-state index in [0.29, 0.717) is 5.89 Å². The smallest absolute Gasteiger partial charge is 0.248 e. The molecule has 1 N–H and O–H groups in total. The Morgan fingerprint density at radius 3 is 2.41 bits per heavy atom. The van der Waals surface area contributed by atoms with Crippen molar-refractivity contribution in [3.8, 4) is 11.5 Å². The molecule has 5 aromatic rings. The Morgan fingerprint density at radius 1 is 0.793 bits per heavy atom. The van der Waals surface area contributed by atoms with Gasteiger partial charge in [0.1, 0.15) is 6.26 Å². The minimum atomic E-state index is -0.954. The molecule has 2 aromatic heterocycles. The molecule has 1 unspecified atom stereocenters. The number of fused-ring (bicyclic) bond motifs is 1. The van der Waals surface area contributed by atoms with Gasteiger partial charge in [0.2, 0.25) is 11.4 Å². The van der Waals surface area contributed by atoms with Crippen LogP contribution in [0.3, 0.4) is 0 Å². The number of pyridine rings is 1. The van der Waals surface area contributed by atoms with Gasteiger partial charge in [-0.15, -0.1) is 0 Å². The lowest BCUT2D eigenvalue weighted by Crippen LogP contribution is -2.24. The van der Waals surface area contributed by atoms with Crippen molar-refractivity contribution in [1.29, 1.82) is 0 Å². The largest absolute Gasteiger partial charge is 0.445 e. The highest BCUT2D eigenvalue weighted by molar-refractivity contribution is 7.80. The maximum atomic E-state index is 12.1. The number of hydrogen-bond acceptors (Lipinski definition) is 3. The van der Waals surface area contributed by atoms with Gasteiger partial charge >= 0.3 is 0 Å². The molecular weight excluding hydrogens is 379 g/mol. The first kappa shape index (κ1) is 17.6. The monoisotopic (exact) mass is 396 g/mol. The van der Waals surface area contributed by atoms with Crippen molar-refractivity contribution in [2.75, 3.05) is 0 Å². The van der Waals surface area contributed by atoms with Crippen molar-refractivity contribution < 1.29 is 4.42 Å². The van der Waals surface area contributed by atoms with Crippen LogP contribution in [0, 0.1) is 0 Å². The Balaban J connectivity index is 1.83. The molecule has 0 saturated carbocycles. The summed E-state index contributed by atoms with van der Waals surface area (Å²) in [6.07, 6.45) is 3.25. The van der Waals surface area contributed by atoms with E-state index < -0.39 is 7.92 Å². The van der Waals surface area contributed by atoms with Crippen molar-refractivity contribution in [1.82, 2.24) is 9.97 Å². The third kappa shape index (κ3) is 3.28. The first-order valence-electron chi connectivity index (χ1n) is 9.27. The summed E-state index contributed by atoms with van der Waals surface area (Å²) in [5, 5.41) is 4.44. The van der Waals surface area contributed by atoms with Gasteiger partial charge in [-0.1, -0.05) is 66.7 Å². The van der Waals surface area contributed by atoms with Crippen LogP contribution in [0.2, 0.25) is 0 Å². The van der Waals surface area contributed by atoms with E-state index in [-0.39, 0.29) is 5.56 Å². The number of nitrogens with one attached hydrogen (secondary N) is 1. The molecule has 0 saturated heterocycles. The summed E-state index contributed by atoms with van der Waals surface area (Å²) in [5.74, 6) is 0.595. The summed E-state index contributed by atoms with van der Waals surface area (Å²) in [7, 11) is -0.954. The molecule has 0 fully saturated rings. The molecule has 4 nitrogen and oxygen atoms in total. The molecule has 0 aliphatic rings. The van der Waals surface area contributed by atoms with Gasteiger partial charge in [-0.3, -0.25) is 4.79 Å². The standard InChI is InChI=1S/C24H17N2O2P/c27-22-14-13-17-7-6-12-21(23(17)26-22)29(18-8-2-1-3-9-18)20-11-5-4-10-19(20)24-25-15-16-28-24/h1-16H,(H,26,27). The lowest BCUT2D eigenvalue weighted by Gasteiger charge is -2.22. The highest BCUT2D eigenvalue weighted by Gasteiger charge is 2.23. The molecule has 0 bridgehead atoms. The van der Waals surface area contributed by atoms with Crippen LogP contribution in [0.25, 0.3) is 22.4 Å². The molecule has 3 aromatic carbocycles. The van der Waals surface area contributed by atoms with Gasteiger partial charge in [-0.05, 0) is 36.0 Å². The van der Waals surface area contributed by atoms with Crippen molar-refractivity contribution >= 4 is 34.7 Å². The predicted octanol–water partition coefficient (Wildman–Crippen LogP) is 3.94. The van der Waals surface area contributed by atoms with Crippen LogP contribution in [-0.4, -0.2) is 9.97 Å². The molecule has 5 heteroatoms. The highest BCUT2D eigenvalue weighted by Crippen LogP contribution is 2.38. The van der Waals surface area contributed by atoms with E-state index in [1.807, 2.05) is 54.6 Å². The number of para-hydroxylation sites is 1. The zero-order chi connectivity index (χ0) is 19.6. The van der Waals surface area contributed by atoms with Crippen LogP contribution in [0.4, 0.5) is 0 Å². The molecule has 0 aliphatic heterocycles. The first-order chi connectivity index (χ1) is 14.3. The molecule has 1 atom stereocenters. The average molecular weight is 396 g/mol. The van der Waals surface area contributed by atoms with Crippen LogP contribution in [0.5, 0.6) is 0 Å². The van der Waals surface area contributed by atoms with E-state index in [1.165, 1.54) is 5.30 Å². The zero-order valence-corrected chi connectivity index (χ0v) is 16.3. The van der Waals surface area contributed by atoms with Crippen molar-refractivity contribution in [3.05, 3.63) is 108 Å². The number of aromatic nitrogens is 2. The Labute approximate surface area is 168 Å². The van der Waals surface area contributed by atoms with E-state index in [2.05, 4.69) is 34.2 Å². The Morgan fingerprint density at radius 2 is 1.59 bits per heavy atom. The van der Waals surface area contributed by atoms with Crippen molar-refractivity contribution in [2.45, 2.75) is 0 Å². The third-order valence-corrected chi connectivity index (χ3v) is 7.34. The fraction of sp³-hybridized carbons (Fsp3) is 0. The Bertz CT molecular complexity index is 1330. The minimum Gasteiger partial charge on any atom is -0.445 e. The quantitative estimate of drug-likeness (QED) is 0.468. The maximum Gasteiger partial charge on any atom is 0.248 e. The summed E-state index contributed by atoms with van der Waals surface area (Å²) >= 11 is 0. The van der Waals surface area contributed by atoms with E-state index in [0.717, 1.165) is 27.1 Å². The van der Waals surface area contributed by atoms with Gasteiger partial charge in [-0.2, -0.15) is 0 Å². The summed E-state index contributed by atoms with van der Waals surface area (Å²) in [5.41, 5.74) is 1.73. The molecule has 140 valence electrons. The molecule has 29 heavy (non-hydrogen) atoms. The molecule has 0 radical (unpaired) electrons. The third-order valence-electron chi connectivity index (χ3n) is 4.80. The van der Waals surface area contributed by atoms with E-state index in [1.54, 1.807) is 18.5 Å². The summed E-state index contributed by atoms with van der Waals surface area (Å²) in [4.78, 5) is 19.5. The second-order valence-electron chi connectivity index (χ2n) is 6.59. The number of benzene rings is 3. The fourth-order valence-corrected chi connectivity index (χ4v) is 6.12. The number of nitrogens with zero attached hydrogens (tertiary/aromatic N) is 1. The first-order valence-corrected chi connectivity index (χ1v) is 10.6. The predicted molar refractivity (Wildman–Crippen MR) is 119 cm³/mol. The maximum absolute atomic E-state index is 12.1. The van der Waals surface area contributed by atoms with Gasteiger partial charge in [0.15, 0.2) is 0 Å². The molecule has 2 heterocycles. The molecule has 0 spiro atoms. The summed E-state index contributed by atoms with van der Waals surface area (Å²) < 4.78 is 5.63. The summed E-state index contributed by atoms with van der Waals surface area (Å²) in [6.45, 7) is 0. The molecular formula is C24H17N2O2P. The van der Waals surface area contributed by atoms with Gasteiger partial charge in [0, 0.05) is 16.9 Å². The van der Waals surface area contributed by atoms with Crippen LogP contribution < -0.4 is 21.5 Å². The molecule has 5 rings (SSSR count). The Kier molecular flexibility index (Phi) is 4.55. The number of hydrogen-bond donors (Lipinski definition) is 1. The number of rotatable bonds is 4. The Hall–Kier alpha value is -3.49. The number of aromatic amines is 1. The normalized spacial score (nSPS) is 12.1. The van der Waals surface area contributed by atoms with E-state index in [4.69, 9.17) is 4.42 Å². The van der Waals surface area contributed by atoms with E-state index in [9.17, 15) is 4.79 Å². The highest BCUT2D eigenvalue weighted by atomic mass is 31.1. The number of H-pyrrole nitrogens is 1. The second-order valence-corrected chi connectivity index (χ2v) is 8.74. The van der Waals surface area contributed by atoms with Crippen LogP contribution in [0.15, 0.2) is 107 Å². The lowest BCUT2D eigenvalue weighted by atomic mass is 10.2. The van der Waals surface area contributed by atoms with Gasteiger partial charge < -0.3 is 9.40 Å². The number of oxazole rings is 1. The summed E-state index contributed by atoms with van der Waals surface area (Å²) in [6, 6.07) is 28.2. The van der Waals surface area contributed by atoms with Crippen LogP contribution >= 0.6 is 7.92 Å². The van der Waals surface area contributed by atoms with Gasteiger partial charge in [0.25, 0.3) is 0 Å². The SMILES string of the molecule is O=c1ccc2cccc(P(c3ccccc3)c3ccccc3-c3ncco3)c2[nH]1. The molecule has 0 amide bonds. The van der Waals surface area contributed by atoms with Crippen molar-refractivity contribution in [2.24, 2.45) is 0 Å². The lowest BCUT2D eigenvalue weighted by molar-refractivity contribution is 0.575. The van der Waals surface area contributed by atoms with Gasteiger partial charge in [-0.25, -0.2) is 4.98 Å². The minimum absolute atomic E-state index is 0.103. The topological polar surface area (TPSA) is 58.9 Å². The average Bonchev–Trinajstić information content (AvgIpc) is 3.30. The molecule has 0 aliphatic carbocycles. The van der Waals surface area contributed by atoms with Gasteiger partial charge in [0.05, 0.1) is 11.7 Å². The van der Waals surface area contributed by atoms with Crippen molar-refractivity contribution in [3.63, 3.8) is 0 Å². The van der Waals surface area contributed by atoms with Crippen LogP contribution in [0.1, 0.15) is 0 Å². The zero-order valence-electron chi connectivity index (χ0n) is 15.4. The van der Waals surface area contributed by atoms with Crippen LogP contribution in [-0.2, 0) is 0 Å². The second kappa shape index (κ2) is 7.50.